The second-order valence-corrected chi connectivity index (χ2v) is 7.90. The molecule has 2 amide bonds. The maximum atomic E-state index is 12.7. The zero-order valence-corrected chi connectivity index (χ0v) is 15.7. The van der Waals surface area contributed by atoms with Gasteiger partial charge in [-0.3, -0.25) is 4.98 Å². The molecule has 4 rings (SSSR count). The maximum absolute atomic E-state index is 12.7. The van der Waals surface area contributed by atoms with Crippen LogP contribution >= 0.6 is 0 Å². The van der Waals surface area contributed by atoms with Crippen LogP contribution in [-0.4, -0.2) is 65.3 Å². The summed E-state index contributed by atoms with van der Waals surface area (Å²) < 4.78 is 12.3. The van der Waals surface area contributed by atoms with Gasteiger partial charge in [0.15, 0.2) is 0 Å². The summed E-state index contributed by atoms with van der Waals surface area (Å²) in [6.45, 7) is 6.46. The van der Waals surface area contributed by atoms with Crippen LogP contribution in [0.15, 0.2) is 18.2 Å². The number of carbonyl (C=O) groups excluding carboxylic acids is 1. The van der Waals surface area contributed by atoms with Crippen molar-refractivity contribution in [2.45, 2.75) is 57.3 Å². The van der Waals surface area contributed by atoms with Crippen molar-refractivity contribution < 1.29 is 14.3 Å². The lowest BCUT2D eigenvalue weighted by molar-refractivity contribution is -0.0456. The first-order valence-corrected chi connectivity index (χ1v) is 9.86. The van der Waals surface area contributed by atoms with Crippen LogP contribution in [0.4, 0.5) is 4.79 Å². The molecular weight excluding hydrogens is 330 g/mol. The van der Waals surface area contributed by atoms with E-state index in [0.717, 1.165) is 63.1 Å². The van der Waals surface area contributed by atoms with Gasteiger partial charge >= 0.3 is 6.03 Å². The van der Waals surface area contributed by atoms with Crippen LogP contribution in [0.3, 0.4) is 0 Å². The molecule has 0 N–H and O–H groups in total. The predicted octanol–water partition coefficient (Wildman–Crippen LogP) is 2.75. The number of ether oxygens (including phenoxy) is 2. The number of pyridine rings is 1. The predicted molar refractivity (Wildman–Crippen MR) is 97.9 cm³/mol. The standard InChI is InChI=1S/C20H29N3O3/c1-16-6-4-7-17(21-16)13-25-18-12-20(26-14-18)8-5-11-23(15-20)19(24)22-9-2-3-10-22/h4,6-7,18H,2-3,5,8-15H2,1H3/t18-,20-/m0/s1. The summed E-state index contributed by atoms with van der Waals surface area (Å²) in [6.07, 6.45) is 5.22. The third-order valence-corrected chi connectivity index (χ3v) is 5.77. The molecule has 2 atom stereocenters. The lowest BCUT2D eigenvalue weighted by Crippen LogP contribution is -2.53. The first-order chi connectivity index (χ1) is 12.6. The molecule has 3 fully saturated rings. The fourth-order valence-corrected chi connectivity index (χ4v) is 4.45. The highest BCUT2D eigenvalue weighted by atomic mass is 16.6. The summed E-state index contributed by atoms with van der Waals surface area (Å²) in [5.41, 5.74) is 1.74. The second-order valence-electron chi connectivity index (χ2n) is 7.90. The van der Waals surface area contributed by atoms with Crippen LogP contribution in [0.25, 0.3) is 0 Å². The molecule has 3 aliphatic heterocycles. The number of likely N-dealkylation sites (tertiary alicyclic amines) is 2. The Bertz CT molecular complexity index is 647. The molecule has 26 heavy (non-hydrogen) atoms. The van der Waals surface area contributed by atoms with E-state index in [1.165, 1.54) is 0 Å². The molecule has 1 aromatic heterocycles. The number of rotatable bonds is 3. The second kappa shape index (κ2) is 7.53. The van der Waals surface area contributed by atoms with Gasteiger partial charge < -0.3 is 19.3 Å². The quantitative estimate of drug-likeness (QED) is 0.833. The van der Waals surface area contributed by atoms with Crippen LogP contribution < -0.4 is 0 Å². The molecule has 0 aliphatic carbocycles. The SMILES string of the molecule is Cc1cccc(CO[C@@H]2CO[C@@]3(CCCN(C(=O)N4CCCC4)C3)C2)n1. The number of hydrogen-bond acceptors (Lipinski definition) is 4. The molecule has 1 spiro atoms. The zero-order chi connectivity index (χ0) is 18.0. The van der Waals surface area contributed by atoms with Crippen molar-refractivity contribution in [1.82, 2.24) is 14.8 Å². The number of aromatic nitrogens is 1. The van der Waals surface area contributed by atoms with Crippen molar-refractivity contribution in [1.29, 1.82) is 0 Å². The average Bonchev–Trinajstić information content (AvgIpc) is 3.30. The molecule has 0 aromatic carbocycles. The van der Waals surface area contributed by atoms with E-state index in [4.69, 9.17) is 9.47 Å². The number of aryl methyl sites for hydroxylation is 1. The van der Waals surface area contributed by atoms with E-state index >= 15 is 0 Å². The van der Waals surface area contributed by atoms with E-state index in [9.17, 15) is 4.79 Å². The van der Waals surface area contributed by atoms with Gasteiger partial charge in [-0.05, 0) is 44.7 Å². The van der Waals surface area contributed by atoms with Crippen molar-refractivity contribution in [3.8, 4) is 0 Å². The molecular formula is C20H29N3O3. The molecule has 6 heteroatoms. The highest BCUT2D eigenvalue weighted by Crippen LogP contribution is 2.36. The normalized spacial score (nSPS) is 28.9. The van der Waals surface area contributed by atoms with Crippen LogP contribution in [-0.2, 0) is 16.1 Å². The Labute approximate surface area is 155 Å². The number of amides is 2. The number of carbonyl (C=O) groups is 1. The van der Waals surface area contributed by atoms with Crippen LogP contribution in [0, 0.1) is 6.92 Å². The van der Waals surface area contributed by atoms with Gasteiger partial charge in [-0.2, -0.15) is 0 Å². The van der Waals surface area contributed by atoms with Gasteiger partial charge in [0, 0.05) is 31.7 Å². The zero-order valence-electron chi connectivity index (χ0n) is 15.7. The Kier molecular flexibility index (Phi) is 5.14. The molecule has 0 saturated carbocycles. The number of hydrogen-bond donors (Lipinski definition) is 0. The summed E-state index contributed by atoms with van der Waals surface area (Å²) in [5.74, 6) is 0. The van der Waals surface area contributed by atoms with Gasteiger partial charge in [-0.25, -0.2) is 4.79 Å². The smallest absolute Gasteiger partial charge is 0.320 e. The first-order valence-electron chi connectivity index (χ1n) is 9.86. The fraction of sp³-hybridized carbons (Fsp3) is 0.700. The average molecular weight is 359 g/mol. The van der Waals surface area contributed by atoms with Gasteiger partial charge in [0.2, 0.25) is 0 Å². The highest BCUT2D eigenvalue weighted by Gasteiger charge is 2.45. The highest BCUT2D eigenvalue weighted by molar-refractivity contribution is 5.75. The lowest BCUT2D eigenvalue weighted by atomic mass is 9.89. The summed E-state index contributed by atoms with van der Waals surface area (Å²) >= 11 is 0. The van der Waals surface area contributed by atoms with Crippen molar-refractivity contribution in [2.75, 3.05) is 32.8 Å². The van der Waals surface area contributed by atoms with E-state index < -0.39 is 0 Å². The lowest BCUT2D eigenvalue weighted by Gasteiger charge is -2.41. The van der Waals surface area contributed by atoms with Crippen molar-refractivity contribution in [3.05, 3.63) is 29.6 Å². The third kappa shape index (κ3) is 3.86. The Morgan fingerprint density at radius 2 is 2.08 bits per heavy atom. The fourth-order valence-electron chi connectivity index (χ4n) is 4.45. The van der Waals surface area contributed by atoms with E-state index in [1.54, 1.807) is 0 Å². The minimum atomic E-state index is -0.224. The molecule has 3 saturated heterocycles. The molecule has 0 radical (unpaired) electrons. The van der Waals surface area contributed by atoms with Crippen molar-refractivity contribution in [2.24, 2.45) is 0 Å². The van der Waals surface area contributed by atoms with E-state index in [2.05, 4.69) is 4.98 Å². The molecule has 142 valence electrons. The van der Waals surface area contributed by atoms with Crippen molar-refractivity contribution in [3.63, 3.8) is 0 Å². The largest absolute Gasteiger partial charge is 0.370 e. The van der Waals surface area contributed by atoms with Crippen LogP contribution in [0.5, 0.6) is 0 Å². The number of nitrogens with zero attached hydrogens (tertiary/aromatic N) is 3. The summed E-state index contributed by atoms with van der Waals surface area (Å²) in [6, 6.07) is 6.19. The molecule has 4 heterocycles. The van der Waals surface area contributed by atoms with Crippen LogP contribution in [0.1, 0.15) is 43.5 Å². The number of piperidine rings is 1. The summed E-state index contributed by atoms with van der Waals surface area (Å²) in [7, 11) is 0. The van der Waals surface area contributed by atoms with Gasteiger partial charge in [-0.1, -0.05) is 6.07 Å². The Hall–Kier alpha value is -1.66. The Morgan fingerprint density at radius 1 is 1.27 bits per heavy atom. The topological polar surface area (TPSA) is 54.9 Å². The van der Waals surface area contributed by atoms with Gasteiger partial charge in [0.25, 0.3) is 0 Å². The molecule has 0 unspecified atom stereocenters. The summed E-state index contributed by atoms with van der Waals surface area (Å²) in [5, 5.41) is 0. The minimum absolute atomic E-state index is 0.0825. The Balaban J connectivity index is 1.32. The minimum Gasteiger partial charge on any atom is -0.370 e. The molecule has 6 nitrogen and oxygen atoms in total. The first kappa shape index (κ1) is 17.7. The van der Waals surface area contributed by atoms with Crippen molar-refractivity contribution >= 4 is 6.03 Å². The number of urea groups is 1. The van der Waals surface area contributed by atoms with Gasteiger partial charge in [0.05, 0.1) is 37.2 Å². The third-order valence-electron chi connectivity index (χ3n) is 5.77. The molecule has 0 bridgehead atoms. The maximum Gasteiger partial charge on any atom is 0.320 e. The van der Waals surface area contributed by atoms with Gasteiger partial charge in [-0.15, -0.1) is 0 Å². The van der Waals surface area contributed by atoms with E-state index in [0.29, 0.717) is 19.8 Å². The van der Waals surface area contributed by atoms with Gasteiger partial charge in [0.1, 0.15) is 0 Å². The molecule has 3 aliphatic rings. The monoisotopic (exact) mass is 359 g/mol. The van der Waals surface area contributed by atoms with Crippen LogP contribution in [0.2, 0.25) is 0 Å². The van der Waals surface area contributed by atoms with E-state index in [-0.39, 0.29) is 17.7 Å². The summed E-state index contributed by atoms with van der Waals surface area (Å²) in [4.78, 5) is 21.2. The van der Waals surface area contributed by atoms with E-state index in [1.807, 2.05) is 34.9 Å². The Morgan fingerprint density at radius 3 is 2.88 bits per heavy atom. The molecule has 1 aromatic rings.